The summed E-state index contributed by atoms with van der Waals surface area (Å²) in [5, 5.41) is 3.14. The lowest BCUT2D eigenvalue weighted by Gasteiger charge is -2.39. The SMILES string of the molecule is O=C(NC1CC2CCC(C1)N2C(=O)Cc1ccccc1)c1ccncc1. The molecule has 4 rings (SSSR count). The van der Waals surface area contributed by atoms with Crippen molar-refractivity contribution in [3.05, 3.63) is 66.0 Å². The predicted molar refractivity (Wildman–Crippen MR) is 98.5 cm³/mol. The van der Waals surface area contributed by atoms with Crippen molar-refractivity contribution in [1.82, 2.24) is 15.2 Å². The maximum absolute atomic E-state index is 12.8. The minimum absolute atomic E-state index is 0.0548. The summed E-state index contributed by atoms with van der Waals surface area (Å²) in [6, 6.07) is 14.0. The van der Waals surface area contributed by atoms with E-state index >= 15 is 0 Å². The van der Waals surface area contributed by atoms with Crippen LogP contribution in [0.4, 0.5) is 0 Å². The molecule has 5 nitrogen and oxygen atoms in total. The zero-order valence-electron chi connectivity index (χ0n) is 14.7. The second-order valence-electron chi connectivity index (χ2n) is 7.23. The van der Waals surface area contributed by atoms with Gasteiger partial charge in [-0.1, -0.05) is 30.3 Å². The number of carbonyl (C=O) groups excluding carboxylic acids is 2. The van der Waals surface area contributed by atoms with Gasteiger partial charge in [-0.05, 0) is 43.4 Å². The molecular formula is C21H23N3O2. The number of nitrogens with one attached hydrogen (secondary N) is 1. The number of carbonyl (C=O) groups is 2. The highest BCUT2D eigenvalue weighted by Gasteiger charge is 2.43. The molecule has 1 aromatic carbocycles. The number of benzene rings is 1. The summed E-state index contributed by atoms with van der Waals surface area (Å²) >= 11 is 0. The van der Waals surface area contributed by atoms with Crippen molar-refractivity contribution < 1.29 is 9.59 Å². The second kappa shape index (κ2) is 7.28. The highest BCUT2D eigenvalue weighted by atomic mass is 16.2. The Bertz CT molecular complexity index is 764. The number of fused-ring (bicyclic) bond motifs is 2. The van der Waals surface area contributed by atoms with Crippen molar-refractivity contribution in [2.24, 2.45) is 0 Å². The van der Waals surface area contributed by atoms with E-state index in [1.165, 1.54) is 0 Å². The summed E-state index contributed by atoms with van der Waals surface area (Å²) in [5.41, 5.74) is 1.69. The Hall–Kier alpha value is -2.69. The minimum atomic E-state index is -0.0548. The van der Waals surface area contributed by atoms with Gasteiger partial charge in [0.25, 0.3) is 5.91 Å². The van der Waals surface area contributed by atoms with Gasteiger partial charge in [-0.15, -0.1) is 0 Å². The maximum Gasteiger partial charge on any atom is 0.251 e. The first kappa shape index (κ1) is 16.8. The smallest absolute Gasteiger partial charge is 0.251 e. The number of aromatic nitrogens is 1. The van der Waals surface area contributed by atoms with Crippen molar-refractivity contribution >= 4 is 11.8 Å². The van der Waals surface area contributed by atoms with Crippen molar-refractivity contribution in [1.29, 1.82) is 0 Å². The molecule has 2 aromatic rings. The highest BCUT2D eigenvalue weighted by Crippen LogP contribution is 2.36. The molecular weight excluding hydrogens is 326 g/mol. The lowest BCUT2D eigenvalue weighted by molar-refractivity contribution is -0.135. The third kappa shape index (κ3) is 3.47. The number of nitrogens with zero attached hydrogens (tertiary/aromatic N) is 2. The van der Waals surface area contributed by atoms with E-state index in [2.05, 4.69) is 15.2 Å². The van der Waals surface area contributed by atoms with Gasteiger partial charge >= 0.3 is 0 Å². The Morgan fingerprint density at radius 2 is 1.65 bits per heavy atom. The number of amides is 2. The van der Waals surface area contributed by atoms with E-state index in [0.29, 0.717) is 12.0 Å². The molecule has 2 unspecified atom stereocenters. The van der Waals surface area contributed by atoms with E-state index in [-0.39, 0.29) is 29.9 Å². The van der Waals surface area contributed by atoms with E-state index in [1.807, 2.05) is 30.3 Å². The summed E-state index contributed by atoms with van der Waals surface area (Å²) < 4.78 is 0. The van der Waals surface area contributed by atoms with E-state index in [9.17, 15) is 9.59 Å². The molecule has 0 aliphatic carbocycles. The fourth-order valence-corrected chi connectivity index (χ4v) is 4.34. The summed E-state index contributed by atoms with van der Waals surface area (Å²) in [6.07, 6.45) is 7.47. The van der Waals surface area contributed by atoms with E-state index in [0.717, 1.165) is 31.2 Å². The Balaban J connectivity index is 1.38. The third-order valence-corrected chi connectivity index (χ3v) is 5.50. The maximum atomic E-state index is 12.8. The first-order chi connectivity index (χ1) is 12.7. The van der Waals surface area contributed by atoms with Crippen LogP contribution in [-0.2, 0) is 11.2 Å². The van der Waals surface area contributed by atoms with Crippen molar-refractivity contribution in [3.63, 3.8) is 0 Å². The van der Waals surface area contributed by atoms with Crippen LogP contribution in [0.25, 0.3) is 0 Å². The quantitative estimate of drug-likeness (QED) is 0.923. The molecule has 0 saturated carbocycles. The summed E-state index contributed by atoms with van der Waals surface area (Å²) in [7, 11) is 0. The minimum Gasteiger partial charge on any atom is -0.349 e. The first-order valence-electron chi connectivity index (χ1n) is 9.26. The van der Waals surface area contributed by atoms with Crippen LogP contribution >= 0.6 is 0 Å². The van der Waals surface area contributed by atoms with Crippen LogP contribution < -0.4 is 5.32 Å². The number of pyridine rings is 1. The molecule has 3 heterocycles. The largest absolute Gasteiger partial charge is 0.349 e. The summed E-state index contributed by atoms with van der Waals surface area (Å²) in [6.45, 7) is 0. The molecule has 26 heavy (non-hydrogen) atoms. The number of piperidine rings is 1. The number of hydrogen-bond acceptors (Lipinski definition) is 3. The van der Waals surface area contributed by atoms with Crippen LogP contribution in [0.5, 0.6) is 0 Å². The molecule has 0 spiro atoms. The van der Waals surface area contributed by atoms with Gasteiger partial charge in [0.15, 0.2) is 0 Å². The molecule has 5 heteroatoms. The molecule has 2 aliphatic heterocycles. The Morgan fingerprint density at radius 3 is 2.31 bits per heavy atom. The Labute approximate surface area is 153 Å². The molecule has 2 bridgehead atoms. The predicted octanol–water partition coefficient (Wildman–Crippen LogP) is 2.58. The molecule has 0 radical (unpaired) electrons. The molecule has 1 N–H and O–H groups in total. The lowest BCUT2D eigenvalue weighted by Crippen LogP contribution is -2.52. The van der Waals surface area contributed by atoms with Crippen LogP contribution in [-0.4, -0.2) is 39.8 Å². The van der Waals surface area contributed by atoms with Crippen molar-refractivity contribution in [2.45, 2.75) is 50.2 Å². The zero-order valence-corrected chi connectivity index (χ0v) is 14.7. The van der Waals surface area contributed by atoms with E-state index in [1.54, 1.807) is 24.5 Å². The van der Waals surface area contributed by atoms with Gasteiger partial charge in [0.05, 0.1) is 6.42 Å². The zero-order chi connectivity index (χ0) is 17.9. The van der Waals surface area contributed by atoms with Gasteiger partial charge in [0.1, 0.15) is 0 Å². The molecule has 134 valence electrons. The van der Waals surface area contributed by atoms with E-state index < -0.39 is 0 Å². The fourth-order valence-electron chi connectivity index (χ4n) is 4.34. The van der Waals surface area contributed by atoms with Gasteiger partial charge in [-0.2, -0.15) is 0 Å². The summed E-state index contributed by atoms with van der Waals surface area (Å²) in [4.78, 5) is 31.2. The Morgan fingerprint density at radius 1 is 1.00 bits per heavy atom. The molecule has 1 aromatic heterocycles. The number of hydrogen-bond donors (Lipinski definition) is 1. The average molecular weight is 349 g/mol. The van der Waals surface area contributed by atoms with Gasteiger partial charge in [0, 0.05) is 36.1 Å². The Kier molecular flexibility index (Phi) is 4.69. The van der Waals surface area contributed by atoms with E-state index in [4.69, 9.17) is 0 Å². The van der Waals surface area contributed by atoms with Gasteiger partial charge in [-0.25, -0.2) is 0 Å². The van der Waals surface area contributed by atoms with Crippen LogP contribution in [0.15, 0.2) is 54.9 Å². The summed E-state index contributed by atoms with van der Waals surface area (Å²) in [5.74, 6) is 0.156. The fraction of sp³-hybridized carbons (Fsp3) is 0.381. The molecule has 2 saturated heterocycles. The molecule has 2 amide bonds. The topological polar surface area (TPSA) is 62.3 Å². The van der Waals surface area contributed by atoms with Gasteiger partial charge < -0.3 is 10.2 Å². The van der Waals surface area contributed by atoms with Crippen molar-refractivity contribution in [3.8, 4) is 0 Å². The number of rotatable bonds is 4. The first-order valence-corrected chi connectivity index (χ1v) is 9.26. The van der Waals surface area contributed by atoms with Crippen LogP contribution in [0, 0.1) is 0 Å². The average Bonchev–Trinajstić information content (AvgIpc) is 2.94. The van der Waals surface area contributed by atoms with Crippen LogP contribution in [0.1, 0.15) is 41.6 Å². The molecule has 2 fully saturated rings. The van der Waals surface area contributed by atoms with Crippen LogP contribution in [0.2, 0.25) is 0 Å². The normalized spacial score (nSPS) is 24.3. The van der Waals surface area contributed by atoms with Crippen molar-refractivity contribution in [2.75, 3.05) is 0 Å². The standard InChI is InChI=1S/C21H23N3O2/c25-20(12-15-4-2-1-3-5-15)24-18-6-7-19(24)14-17(13-18)23-21(26)16-8-10-22-11-9-16/h1-5,8-11,17-19H,6-7,12-14H2,(H,23,26). The van der Waals surface area contributed by atoms with Gasteiger partial charge in [-0.3, -0.25) is 14.6 Å². The molecule has 2 aliphatic rings. The third-order valence-electron chi connectivity index (χ3n) is 5.50. The molecule has 2 atom stereocenters. The second-order valence-corrected chi connectivity index (χ2v) is 7.23. The van der Waals surface area contributed by atoms with Gasteiger partial charge in [0.2, 0.25) is 5.91 Å². The monoisotopic (exact) mass is 349 g/mol. The lowest BCUT2D eigenvalue weighted by atomic mass is 9.96. The highest BCUT2D eigenvalue weighted by molar-refractivity contribution is 5.94. The van der Waals surface area contributed by atoms with Crippen LogP contribution in [0.3, 0.4) is 0 Å².